The Labute approximate surface area is 146 Å². The van der Waals surface area contributed by atoms with Crippen LogP contribution in [0.4, 0.5) is 11.4 Å². The standard InChI is InChI=1S/C19H20N4O2/c1-21-18-14(11-20)12-23(19(24)13-6-4-3-5-7-13)17-10-15(25-2)8-9-16(17)22-18/h3-11H,12,20H2,1-2H3,(H,21,22). The molecule has 2 aromatic rings. The molecule has 0 bridgehead atoms. The first-order valence-corrected chi connectivity index (χ1v) is 7.88. The monoisotopic (exact) mass is 336 g/mol. The number of ether oxygens (including phenoxy) is 1. The first kappa shape index (κ1) is 16.6. The van der Waals surface area contributed by atoms with Gasteiger partial charge in [-0.15, -0.1) is 0 Å². The van der Waals surface area contributed by atoms with Gasteiger partial charge in [-0.05, 0) is 24.3 Å². The molecule has 128 valence electrons. The molecule has 1 aliphatic heterocycles. The Kier molecular flexibility index (Phi) is 4.70. The summed E-state index contributed by atoms with van der Waals surface area (Å²) < 4.78 is 5.33. The largest absolute Gasteiger partial charge is 0.497 e. The van der Waals surface area contributed by atoms with Crippen molar-refractivity contribution >= 4 is 23.1 Å². The fourth-order valence-corrected chi connectivity index (χ4v) is 2.75. The van der Waals surface area contributed by atoms with Crippen LogP contribution in [0.1, 0.15) is 10.4 Å². The lowest BCUT2D eigenvalue weighted by molar-refractivity contribution is 0.0989. The van der Waals surface area contributed by atoms with Crippen LogP contribution in [0.5, 0.6) is 5.75 Å². The SMILES string of the molecule is CN=C1Nc2ccc(OC)cc2N(C(=O)c2ccccc2)CC1=CN. The van der Waals surface area contributed by atoms with E-state index in [4.69, 9.17) is 10.5 Å². The molecule has 1 amide bonds. The molecule has 0 spiro atoms. The Morgan fingerprint density at radius 2 is 2.04 bits per heavy atom. The number of nitrogens with one attached hydrogen (secondary N) is 1. The average Bonchev–Trinajstić information content (AvgIpc) is 2.83. The van der Waals surface area contributed by atoms with E-state index in [1.54, 1.807) is 31.2 Å². The lowest BCUT2D eigenvalue weighted by Crippen LogP contribution is -2.33. The summed E-state index contributed by atoms with van der Waals surface area (Å²) in [5.74, 6) is 1.19. The van der Waals surface area contributed by atoms with Crippen molar-refractivity contribution in [2.24, 2.45) is 10.7 Å². The van der Waals surface area contributed by atoms with Gasteiger partial charge < -0.3 is 20.7 Å². The van der Waals surface area contributed by atoms with Crippen molar-refractivity contribution in [2.75, 3.05) is 30.9 Å². The van der Waals surface area contributed by atoms with Crippen molar-refractivity contribution in [3.63, 3.8) is 0 Å². The Morgan fingerprint density at radius 1 is 1.28 bits per heavy atom. The van der Waals surface area contributed by atoms with E-state index in [1.165, 1.54) is 6.20 Å². The normalized spacial score (nSPS) is 17.0. The third kappa shape index (κ3) is 3.19. The summed E-state index contributed by atoms with van der Waals surface area (Å²) in [5.41, 5.74) is 8.60. The molecule has 0 atom stereocenters. The van der Waals surface area contributed by atoms with E-state index in [0.29, 0.717) is 29.4 Å². The van der Waals surface area contributed by atoms with Gasteiger partial charge in [0.25, 0.3) is 5.91 Å². The third-order valence-corrected chi connectivity index (χ3v) is 4.07. The molecule has 6 heteroatoms. The smallest absolute Gasteiger partial charge is 0.258 e. The molecule has 1 aliphatic rings. The predicted octanol–water partition coefficient (Wildman–Crippen LogP) is 2.64. The highest BCUT2D eigenvalue weighted by atomic mass is 16.5. The number of nitrogens with zero attached hydrogens (tertiary/aromatic N) is 2. The van der Waals surface area contributed by atoms with E-state index >= 15 is 0 Å². The highest BCUT2D eigenvalue weighted by Crippen LogP contribution is 2.34. The second-order valence-corrected chi connectivity index (χ2v) is 5.53. The molecule has 0 unspecified atom stereocenters. The number of aliphatic imine (C=N–C) groups is 1. The average molecular weight is 336 g/mol. The summed E-state index contributed by atoms with van der Waals surface area (Å²) in [6.45, 7) is 0.310. The lowest BCUT2D eigenvalue weighted by atomic mass is 10.1. The number of amidine groups is 1. The summed E-state index contributed by atoms with van der Waals surface area (Å²) >= 11 is 0. The number of benzene rings is 2. The quantitative estimate of drug-likeness (QED) is 0.883. The Balaban J connectivity index is 2.14. The number of methoxy groups -OCH3 is 1. The zero-order valence-electron chi connectivity index (χ0n) is 14.2. The van der Waals surface area contributed by atoms with Gasteiger partial charge in [-0.1, -0.05) is 18.2 Å². The zero-order valence-corrected chi connectivity index (χ0v) is 14.2. The summed E-state index contributed by atoms with van der Waals surface area (Å²) in [7, 11) is 3.28. The maximum absolute atomic E-state index is 13.1. The molecule has 0 aromatic heterocycles. The molecular formula is C19H20N4O2. The lowest BCUT2D eigenvalue weighted by Gasteiger charge is -2.23. The zero-order chi connectivity index (χ0) is 17.8. The second-order valence-electron chi connectivity index (χ2n) is 5.53. The van der Waals surface area contributed by atoms with Crippen molar-refractivity contribution in [1.29, 1.82) is 0 Å². The summed E-state index contributed by atoms with van der Waals surface area (Å²) in [4.78, 5) is 19.1. The highest BCUT2D eigenvalue weighted by Gasteiger charge is 2.27. The fraction of sp³-hybridized carbons (Fsp3) is 0.158. The molecule has 3 rings (SSSR count). The number of amides is 1. The summed E-state index contributed by atoms with van der Waals surface area (Å²) in [6.07, 6.45) is 1.48. The van der Waals surface area contributed by atoms with Crippen LogP contribution in [0.2, 0.25) is 0 Å². The minimum atomic E-state index is -0.117. The van der Waals surface area contributed by atoms with Gasteiger partial charge in [0.1, 0.15) is 11.6 Å². The number of nitrogens with two attached hydrogens (primary N) is 1. The van der Waals surface area contributed by atoms with Crippen molar-refractivity contribution in [2.45, 2.75) is 0 Å². The third-order valence-electron chi connectivity index (χ3n) is 4.07. The van der Waals surface area contributed by atoms with Crippen LogP contribution >= 0.6 is 0 Å². The van der Waals surface area contributed by atoms with Crippen LogP contribution in [0.3, 0.4) is 0 Å². The van der Waals surface area contributed by atoms with E-state index in [2.05, 4.69) is 10.3 Å². The molecule has 3 N–H and O–H groups in total. The van der Waals surface area contributed by atoms with Crippen LogP contribution in [-0.4, -0.2) is 32.4 Å². The first-order valence-electron chi connectivity index (χ1n) is 7.88. The van der Waals surface area contributed by atoms with Crippen molar-refractivity contribution in [3.8, 4) is 5.75 Å². The van der Waals surface area contributed by atoms with E-state index in [1.807, 2.05) is 36.4 Å². The van der Waals surface area contributed by atoms with Crippen LogP contribution in [-0.2, 0) is 0 Å². The Bertz CT molecular complexity index is 844. The topological polar surface area (TPSA) is 80.0 Å². The minimum absolute atomic E-state index is 0.117. The molecule has 0 saturated carbocycles. The predicted molar refractivity (Wildman–Crippen MR) is 100 cm³/mol. The molecular weight excluding hydrogens is 316 g/mol. The van der Waals surface area contributed by atoms with Gasteiger partial charge in [0.15, 0.2) is 0 Å². The number of carbonyl (C=O) groups excluding carboxylic acids is 1. The van der Waals surface area contributed by atoms with Crippen LogP contribution < -0.4 is 20.7 Å². The first-order chi connectivity index (χ1) is 12.2. The number of fused-ring (bicyclic) bond motifs is 1. The van der Waals surface area contributed by atoms with E-state index < -0.39 is 0 Å². The maximum Gasteiger partial charge on any atom is 0.258 e. The van der Waals surface area contributed by atoms with E-state index in [0.717, 1.165) is 11.3 Å². The number of hydrogen-bond donors (Lipinski definition) is 2. The summed E-state index contributed by atoms with van der Waals surface area (Å²) in [6, 6.07) is 14.7. The number of hydrogen-bond acceptors (Lipinski definition) is 4. The molecule has 1 heterocycles. The molecule has 0 radical (unpaired) electrons. The molecule has 0 fully saturated rings. The van der Waals surface area contributed by atoms with Gasteiger partial charge in [-0.25, -0.2) is 0 Å². The Morgan fingerprint density at radius 3 is 2.68 bits per heavy atom. The van der Waals surface area contributed by atoms with Crippen molar-refractivity contribution in [3.05, 3.63) is 65.9 Å². The van der Waals surface area contributed by atoms with Crippen LogP contribution in [0.25, 0.3) is 0 Å². The number of anilines is 2. The van der Waals surface area contributed by atoms with Crippen molar-refractivity contribution < 1.29 is 9.53 Å². The molecule has 0 aliphatic carbocycles. The maximum atomic E-state index is 13.1. The molecule has 25 heavy (non-hydrogen) atoms. The van der Waals surface area contributed by atoms with Crippen molar-refractivity contribution in [1.82, 2.24) is 0 Å². The van der Waals surface area contributed by atoms with Gasteiger partial charge in [0, 0.05) is 30.5 Å². The molecule has 6 nitrogen and oxygen atoms in total. The minimum Gasteiger partial charge on any atom is -0.497 e. The van der Waals surface area contributed by atoms with Gasteiger partial charge in [0.2, 0.25) is 0 Å². The fourth-order valence-electron chi connectivity index (χ4n) is 2.75. The van der Waals surface area contributed by atoms with Crippen LogP contribution in [0, 0.1) is 0 Å². The van der Waals surface area contributed by atoms with E-state index in [9.17, 15) is 4.79 Å². The Hall–Kier alpha value is -3.28. The second kappa shape index (κ2) is 7.09. The van der Waals surface area contributed by atoms with Gasteiger partial charge >= 0.3 is 0 Å². The van der Waals surface area contributed by atoms with Gasteiger partial charge in [0.05, 0.1) is 25.0 Å². The van der Waals surface area contributed by atoms with Gasteiger partial charge in [-0.2, -0.15) is 0 Å². The van der Waals surface area contributed by atoms with Crippen LogP contribution in [0.15, 0.2) is 65.3 Å². The molecule has 0 saturated heterocycles. The number of rotatable bonds is 2. The van der Waals surface area contributed by atoms with E-state index in [-0.39, 0.29) is 5.91 Å². The molecule has 2 aromatic carbocycles. The number of carbonyl (C=O) groups is 1. The van der Waals surface area contributed by atoms with Gasteiger partial charge in [-0.3, -0.25) is 9.79 Å². The highest BCUT2D eigenvalue weighted by molar-refractivity contribution is 6.16. The summed E-state index contributed by atoms with van der Waals surface area (Å²) in [5, 5.41) is 3.25.